The van der Waals surface area contributed by atoms with E-state index in [-0.39, 0.29) is 19.1 Å². The maximum absolute atomic E-state index is 12.8. The van der Waals surface area contributed by atoms with Gasteiger partial charge in [-0.25, -0.2) is 4.57 Å². The molecular formula is C55H92N2O6P+. The van der Waals surface area contributed by atoms with Crippen LogP contribution in [0.1, 0.15) is 155 Å². The van der Waals surface area contributed by atoms with Crippen LogP contribution < -0.4 is 5.32 Å². The molecule has 0 aromatic heterocycles. The van der Waals surface area contributed by atoms with Gasteiger partial charge in [-0.1, -0.05) is 186 Å². The van der Waals surface area contributed by atoms with Crippen LogP contribution in [0.2, 0.25) is 0 Å². The predicted molar refractivity (Wildman–Crippen MR) is 276 cm³/mol. The molecule has 9 heteroatoms. The molecule has 0 aromatic rings. The number of rotatable bonds is 42. The zero-order valence-corrected chi connectivity index (χ0v) is 41.9. The number of carbonyl (C=O) groups excluding carboxylic acids is 1. The molecule has 1 amide bonds. The summed E-state index contributed by atoms with van der Waals surface area (Å²) in [5.74, 6) is -0.229. The third kappa shape index (κ3) is 46.6. The lowest BCUT2D eigenvalue weighted by molar-refractivity contribution is -0.870. The fraction of sp³-hybridized carbons (Fsp3) is 0.582. The van der Waals surface area contributed by atoms with E-state index in [9.17, 15) is 19.4 Å². The number of amides is 1. The molecule has 0 aromatic carbocycles. The van der Waals surface area contributed by atoms with Crippen LogP contribution in [0, 0.1) is 0 Å². The maximum atomic E-state index is 12.8. The minimum Gasteiger partial charge on any atom is -0.387 e. The molecule has 362 valence electrons. The van der Waals surface area contributed by atoms with Gasteiger partial charge < -0.3 is 19.8 Å². The number of phosphoric ester groups is 1. The van der Waals surface area contributed by atoms with Crippen molar-refractivity contribution in [2.45, 2.75) is 167 Å². The van der Waals surface area contributed by atoms with Gasteiger partial charge in [0.05, 0.1) is 39.9 Å². The summed E-state index contributed by atoms with van der Waals surface area (Å²) in [5.41, 5.74) is 0. The largest absolute Gasteiger partial charge is 0.472 e. The van der Waals surface area contributed by atoms with Crippen molar-refractivity contribution in [1.29, 1.82) is 0 Å². The fourth-order valence-corrected chi connectivity index (χ4v) is 6.74. The number of nitrogens with zero attached hydrogens (tertiary/aromatic N) is 1. The smallest absolute Gasteiger partial charge is 0.387 e. The zero-order valence-electron chi connectivity index (χ0n) is 41.0. The SMILES string of the molecule is CC/C=C\C/C=C\C/C=C\C/C=C\C/C=C\C/C=C\C/C=C\C/C=C\C/C=C\C/C=C\CCCCC(=O)NC(COP(=O)(O)OCC[N+](C)(C)C)C(O)/C=C/CCCCCCCCC. The van der Waals surface area contributed by atoms with E-state index in [1.54, 1.807) is 6.08 Å². The van der Waals surface area contributed by atoms with Crippen LogP contribution >= 0.6 is 7.82 Å². The van der Waals surface area contributed by atoms with E-state index < -0.39 is 20.0 Å². The molecule has 0 aliphatic rings. The van der Waals surface area contributed by atoms with Crippen LogP contribution in [-0.4, -0.2) is 73.4 Å². The Bertz CT molecular complexity index is 1490. The first-order valence-corrected chi connectivity index (χ1v) is 26.1. The van der Waals surface area contributed by atoms with Crippen molar-refractivity contribution < 1.29 is 32.9 Å². The molecule has 3 N–H and O–H groups in total. The van der Waals surface area contributed by atoms with Gasteiger partial charge in [0.25, 0.3) is 0 Å². The lowest BCUT2D eigenvalue weighted by Crippen LogP contribution is -2.45. The highest BCUT2D eigenvalue weighted by atomic mass is 31.2. The van der Waals surface area contributed by atoms with Crippen molar-refractivity contribution in [3.05, 3.63) is 134 Å². The van der Waals surface area contributed by atoms with Gasteiger partial charge in [-0.15, -0.1) is 0 Å². The first kappa shape index (κ1) is 60.6. The summed E-state index contributed by atoms with van der Waals surface area (Å²) in [6.45, 7) is 4.59. The van der Waals surface area contributed by atoms with E-state index in [1.807, 2.05) is 27.2 Å². The van der Waals surface area contributed by atoms with Crippen LogP contribution in [0.3, 0.4) is 0 Å². The summed E-state index contributed by atoms with van der Waals surface area (Å²) in [6.07, 6.45) is 68.4. The summed E-state index contributed by atoms with van der Waals surface area (Å²) >= 11 is 0. The number of aliphatic hydroxyl groups is 1. The quantitative estimate of drug-likeness (QED) is 0.0244. The van der Waals surface area contributed by atoms with Gasteiger partial charge in [-0.2, -0.15) is 0 Å². The number of carbonyl (C=O) groups is 1. The Kier molecular flexibility index (Phi) is 42.5. The summed E-state index contributed by atoms with van der Waals surface area (Å²) in [7, 11) is 1.51. The summed E-state index contributed by atoms with van der Waals surface area (Å²) in [5, 5.41) is 13.7. The molecule has 0 bridgehead atoms. The monoisotopic (exact) mass is 908 g/mol. The number of hydrogen-bond acceptors (Lipinski definition) is 5. The van der Waals surface area contributed by atoms with Crippen molar-refractivity contribution in [2.75, 3.05) is 40.9 Å². The number of nitrogens with one attached hydrogen (secondary N) is 1. The zero-order chi connectivity index (χ0) is 47.1. The lowest BCUT2D eigenvalue weighted by Gasteiger charge is -2.25. The third-order valence-corrected chi connectivity index (χ3v) is 10.9. The van der Waals surface area contributed by atoms with E-state index in [0.29, 0.717) is 23.9 Å². The molecule has 0 aliphatic heterocycles. The average Bonchev–Trinajstić information content (AvgIpc) is 3.25. The van der Waals surface area contributed by atoms with Crippen LogP contribution in [-0.2, 0) is 18.4 Å². The number of hydrogen-bond donors (Lipinski definition) is 3. The first-order valence-electron chi connectivity index (χ1n) is 24.6. The molecule has 8 nitrogen and oxygen atoms in total. The molecule has 0 heterocycles. The molecule has 0 fully saturated rings. The Balaban J connectivity index is 4.29. The van der Waals surface area contributed by atoms with Crippen LogP contribution in [0.15, 0.2) is 134 Å². The second-order valence-electron chi connectivity index (χ2n) is 17.1. The van der Waals surface area contributed by atoms with Crippen LogP contribution in [0.5, 0.6) is 0 Å². The number of phosphoric acid groups is 1. The van der Waals surface area contributed by atoms with Gasteiger partial charge in [0.2, 0.25) is 5.91 Å². The van der Waals surface area contributed by atoms with E-state index >= 15 is 0 Å². The Morgan fingerprint density at radius 1 is 0.547 bits per heavy atom. The van der Waals surface area contributed by atoms with Crippen molar-refractivity contribution in [1.82, 2.24) is 5.32 Å². The third-order valence-electron chi connectivity index (χ3n) is 9.88. The Morgan fingerprint density at radius 2 is 0.938 bits per heavy atom. The molecule has 3 atom stereocenters. The van der Waals surface area contributed by atoms with Crippen molar-refractivity contribution in [3.8, 4) is 0 Å². The molecule has 0 aliphatic carbocycles. The number of allylic oxidation sites excluding steroid dienone is 21. The molecule has 64 heavy (non-hydrogen) atoms. The van der Waals surface area contributed by atoms with E-state index in [0.717, 1.165) is 96.3 Å². The van der Waals surface area contributed by atoms with Gasteiger partial charge in [-0.05, 0) is 96.3 Å². The van der Waals surface area contributed by atoms with Crippen molar-refractivity contribution in [2.24, 2.45) is 0 Å². The highest BCUT2D eigenvalue weighted by Gasteiger charge is 2.27. The van der Waals surface area contributed by atoms with Gasteiger partial charge in [0, 0.05) is 6.42 Å². The highest BCUT2D eigenvalue weighted by Crippen LogP contribution is 2.43. The topological polar surface area (TPSA) is 105 Å². The standard InChI is InChI=1S/C55H91N2O6P/c1-6-8-10-12-14-16-17-18-19-20-21-22-23-24-25-26-27-28-29-30-31-32-33-34-35-36-37-38-39-41-43-45-47-49-55(59)56-53(52-63-64(60,61)62-51-50-57(3,4)5)54(58)48-46-44-42-40-15-13-11-9-7-2/h8,10,14,16,18-19,21-22,24-25,27-28,30-31,33-34,36-37,39,41,46,48,53-54,58H,6-7,9,11-13,15,17,20,23,26,29,32,35,38,40,42-45,47,49-52H2,1-5H3,(H-,56,59,60,61)/p+1/b10-8-,16-14-,19-18-,22-21-,25-24-,28-27-,31-30-,34-33-,37-36-,41-39-,48-46+. The predicted octanol–water partition coefficient (Wildman–Crippen LogP) is 14.4. The van der Waals surface area contributed by atoms with Crippen LogP contribution in [0.4, 0.5) is 0 Å². The molecule has 0 saturated carbocycles. The Hall–Kier alpha value is -3.36. The minimum atomic E-state index is -4.36. The second-order valence-corrected chi connectivity index (χ2v) is 18.6. The second kappa shape index (κ2) is 44.8. The number of quaternary nitrogens is 1. The van der Waals surface area contributed by atoms with Crippen molar-refractivity contribution in [3.63, 3.8) is 0 Å². The molecule has 0 saturated heterocycles. The Morgan fingerprint density at radius 3 is 1.38 bits per heavy atom. The summed E-state index contributed by atoms with van der Waals surface area (Å²) < 4.78 is 23.5. The maximum Gasteiger partial charge on any atom is 0.472 e. The van der Waals surface area contributed by atoms with Gasteiger partial charge in [0.1, 0.15) is 13.2 Å². The van der Waals surface area contributed by atoms with Crippen LogP contribution in [0.25, 0.3) is 0 Å². The van der Waals surface area contributed by atoms with E-state index in [4.69, 9.17) is 9.05 Å². The summed E-state index contributed by atoms with van der Waals surface area (Å²) in [6, 6.07) is -0.878. The molecule has 3 unspecified atom stereocenters. The van der Waals surface area contributed by atoms with E-state index in [1.165, 1.54) is 32.1 Å². The normalized spacial score (nSPS) is 15.3. The highest BCUT2D eigenvalue weighted by molar-refractivity contribution is 7.47. The number of likely N-dealkylation sites (N-methyl/N-ethyl adjacent to an activating group) is 1. The van der Waals surface area contributed by atoms with Gasteiger partial charge in [-0.3, -0.25) is 13.8 Å². The number of aliphatic hydroxyl groups excluding tert-OH is 1. The average molecular weight is 908 g/mol. The summed E-state index contributed by atoms with van der Waals surface area (Å²) in [4.78, 5) is 23.1. The van der Waals surface area contributed by atoms with Gasteiger partial charge >= 0.3 is 7.82 Å². The minimum absolute atomic E-state index is 0.0447. The Labute approximate surface area is 392 Å². The first-order chi connectivity index (χ1) is 31.0. The molecule has 0 rings (SSSR count). The van der Waals surface area contributed by atoms with Crippen molar-refractivity contribution >= 4 is 13.7 Å². The fourth-order valence-electron chi connectivity index (χ4n) is 6.01. The lowest BCUT2D eigenvalue weighted by atomic mass is 10.1. The van der Waals surface area contributed by atoms with E-state index in [2.05, 4.69) is 141 Å². The molecule has 0 spiro atoms. The molecular weight excluding hydrogens is 816 g/mol. The van der Waals surface area contributed by atoms with Gasteiger partial charge in [0.15, 0.2) is 0 Å². The molecule has 0 radical (unpaired) electrons. The number of unbranched alkanes of at least 4 members (excludes halogenated alkanes) is 9.